The van der Waals surface area contributed by atoms with Crippen molar-refractivity contribution in [3.05, 3.63) is 88.2 Å². The molecule has 4 rings (SSSR count). The fraction of sp³-hybridized carbons (Fsp3) is 0.217. The molecule has 0 saturated heterocycles. The van der Waals surface area contributed by atoms with Crippen LogP contribution in [-0.4, -0.2) is 37.3 Å². The van der Waals surface area contributed by atoms with Crippen LogP contribution in [0.5, 0.6) is 0 Å². The summed E-state index contributed by atoms with van der Waals surface area (Å²) in [5.41, 5.74) is 2.87. The number of rotatable bonds is 9. The molecule has 2 aromatic carbocycles. The molecule has 0 bridgehead atoms. The Balaban J connectivity index is 1.48. The number of amides is 1. The highest BCUT2D eigenvalue weighted by atomic mass is 16.6. The van der Waals surface area contributed by atoms with Crippen molar-refractivity contribution in [2.24, 2.45) is 0 Å². The first-order chi connectivity index (χ1) is 16.0. The van der Waals surface area contributed by atoms with Gasteiger partial charge in [0, 0.05) is 42.4 Å². The van der Waals surface area contributed by atoms with E-state index < -0.39 is 4.92 Å². The lowest BCUT2D eigenvalue weighted by Crippen LogP contribution is -2.26. The lowest BCUT2D eigenvalue weighted by Gasteiger charge is -2.05. The topological polar surface area (TPSA) is 129 Å². The molecule has 0 saturated carbocycles. The number of hydrogen-bond acceptors (Lipinski definition) is 7. The van der Waals surface area contributed by atoms with Crippen molar-refractivity contribution in [2.75, 3.05) is 6.54 Å². The molecule has 0 spiro atoms. The number of aryl methyl sites for hydroxylation is 2. The minimum absolute atomic E-state index is 0.00280. The number of hydrogen-bond donors (Lipinski definition) is 1. The Morgan fingerprint density at radius 1 is 1.15 bits per heavy atom. The van der Waals surface area contributed by atoms with Crippen LogP contribution in [-0.2, 0) is 17.6 Å². The molecule has 4 aromatic rings. The Bertz CT molecular complexity index is 1250. The van der Waals surface area contributed by atoms with E-state index >= 15 is 0 Å². The number of carbonyl (C=O) groups is 1. The van der Waals surface area contributed by atoms with Gasteiger partial charge in [0.15, 0.2) is 5.82 Å². The number of aromatic nitrogens is 4. The normalized spacial score (nSPS) is 10.8. The van der Waals surface area contributed by atoms with Crippen molar-refractivity contribution < 1.29 is 14.2 Å². The van der Waals surface area contributed by atoms with Gasteiger partial charge < -0.3 is 9.84 Å². The predicted molar refractivity (Wildman–Crippen MR) is 120 cm³/mol. The van der Waals surface area contributed by atoms with Crippen molar-refractivity contribution in [1.82, 2.24) is 25.2 Å². The van der Waals surface area contributed by atoms with Gasteiger partial charge in [-0.1, -0.05) is 23.4 Å². The highest BCUT2D eigenvalue weighted by Gasteiger charge is 2.16. The number of nitrogens with zero attached hydrogens (tertiary/aromatic N) is 5. The monoisotopic (exact) mass is 446 g/mol. The van der Waals surface area contributed by atoms with Gasteiger partial charge in [0.05, 0.1) is 22.7 Å². The third-order valence-corrected chi connectivity index (χ3v) is 4.97. The number of para-hydroxylation sites is 1. The Morgan fingerprint density at radius 2 is 1.91 bits per heavy atom. The summed E-state index contributed by atoms with van der Waals surface area (Å²) in [7, 11) is 0. The van der Waals surface area contributed by atoms with Crippen LogP contribution in [0.15, 0.2) is 65.3 Å². The molecule has 0 aliphatic carbocycles. The molecular weight excluding hydrogens is 424 g/mol. The molecule has 2 heterocycles. The van der Waals surface area contributed by atoms with E-state index in [0.29, 0.717) is 42.4 Å². The molecule has 10 nitrogen and oxygen atoms in total. The van der Waals surface area contributed by atoms with Gasteiger partial charge in [-0.2, -0.15) is 10.1 Å². The Kier molecular flexibility index (Phi) is 6.53. The molecule has 10 heteroatoms. The SMILES string of the molecule is Cc1noc(CCCNC(=O)Cc2cn(-c3ccccc3)nc2-c2ccc([N+](=O)[O-])cc2)n1. The summed E-state index contributed by atoms with van der Waals surface area (Å²) in [6.07, 6.45) is 3.19. The van der Waals surface area contributed by atoms with Gasteiger partial charge in [-0.25, -0.2) is 4.68 Å². The molecule has 0 unspecified atom stereocenters. The molecule has 1 N–H and O–H groups in total. The summed E-state index contributed by atoms with van der Waals surface area (Å²) < 4.78 is 6.78. The summed E-state index contributed by atoms with van der Waals surface area (Å²) >= 11 is 0. The zero-order valence-corrected chi connectivity index (χ0v) is 18.0. The second-order valence-electron chi connectivity index (χ2n) is 7.45. The number of benzene rings is 2. The van der Waals surface area contributed by atoms with Crippen LogP contribution in [0.4, 0.5) is 5.69 Å². The van der Waals surface area contributed by atoms with E-state index in [0.717, 1.165) is 11.3 Å². The number of nitro groups is 1. The highest BCUT2D eigenvalue weighted by molar-refractivity contribution is 5.81. The Morgan fingerprint density at radius 3 is 2.58 bits per heavy atom. The highest BCUT2D eigenvalue weighted by Crippen LogP contribution is 2.26. The maximum atomic E-state index is 12.6. The van der Waals surface area contributed by atoms with Gasteiger partial charge in [-0.15, -0.1) is 0 Å². The quantitative estimate of drug-likeness (QED) is 0.237. The summed E-state index contributed by atoms with van der Waals surface area (Å²) in [6, 6.07) is 15.7. The summed E-state index contributed by atoms with van der Waals surface area (Å²) in [5.74, 6) is 0.988. The van der Waals surface area contributed by atoms with Crippen molar-refractivity contribution in [3.8, 4) is 16.9 Å². The molecule has 0 radical (unpaired) electrons. The van der Waals surface area contributed by atoms with Crippen molar-refractivity contribution in [1.29, 1.82) is 0 Å². The number of nitrogens with one attached hydrogen (secondary N) is 1. The Hall–Kier alpha value is -4.34. The van der Waals surface area contributed by atoms with Gasteiger partial charge in [0.1, 0.15) is 0 Å². The smallest absolute Gasteiger partial charge is 0.269 e. The first kappa shape index (κ1) is 21.9. The summed E-state index contributed by atoms with van der Waals surface area (Å²) in [5, 5.41) is 22.3. The predicted octanol–water partition coefficient (Wildman–Crippen LogP) is 3.43. The maximum Gasteiger partial charge on any atom is 0.269 e. The fourth-order valence-electron chi connectivity index (χ4n) is 3.38. The van der Waals surface area contributed by atoms with Crippen LogP contribution in [0.2, 0.25) is 0 Å². The Labute approximate surface area is 189 Å². The second-order valence-corrected chi connectivity index (χ2v) is 7.45. The van der Waals surface area contributed by atoms with E-state index in [4.69, 9.17) is 4.52 Å². The molecule has 0 atom stereocenters. The minimum atomic E-state index is -0.448. The second kappa shape index (κ2) is 9.86. The third-order valence-electron chi connectivity index (χ3n) is 4.97. The van der Waals surface area contributed by atoms with Crippen LogP contribution in [0, 0.1) is 17.0 Å². The van der Waals surface area contributed by atoms with Gasteiger partial charge in [-0.3, -0.25) is 14.9 Å². The van der Waals surface area contributed by atoms with E-state index in [-0.39, 0.29) is 18.0 Å². The molecule has 2 aromatic heterocycles. The minimum Gasteiger partial charge on any atom is -0.356 e. The van der Waals surface area contributed by atoms with Gasteiger partial charge in [0.25, 0.3) is 5.69 Å². The van der Waals surface area contributed by atoms with Crippen molar-refractivity contribution in [3.63, 3.8) is 0 Å². The average molecular weight is 446 g/mol. The fourth-order valence-corrected chi connectivity index (χ4v) is 3.38. The molecule has 0 aliphatic heterocycles. The van der Waals surface area contributed by atoms with E-state index in [1.807, 2.05) is 36.5 Å². The van der Waals surface area contributed by atoms with E-state index in [9.17, 15) is 14.9 Å². The molecule has 33 heavy (non-hydrogen) atoms. The van der Waals surface area contributed by atoms with Crippen LogP contribution in [0.3, 0.4) is 0 Å². The van der Waals surface area contributed by atoms with E-state index in [1.54, 1.807) is 23.7 Å². The zero-order valence-electron chi connectivity index (χ0n) is 18.0. The molecule has 0 fully saturated rings. The number of carbonyl (C=O) groups excluding carboxylic acids is 1. The first-order valence-electron chi connectivity index (χ1n) is 10.4. The molecule has 0 aliphatic rings. The zero-order chi connectivity index (χ0) is 23.2. The van der Waals surface area contributed by atoms with Crippen LogP contribution < -0.4 is 5.32 Å². The lowest BCUT2D eigenvalue weighted by molar-refractivity contribution is -0.384. The average Bonchev–Trinajstić information content (AvgIpc) is 3.43. The van der Waals surface area contributed by atoms with Gasteiger partial charge >= 0.3 is 0 Å². The maximum absolute atomic E-state index is 12.6. The van der Waals surface area contributed by atoms with Crippen molar-refractivity contribution >= 4 is 11.6 Å². The lowest BCUT2D eigenvalue weighted by atomic mass is 10.1. The van der Waals surface area contributed by atoms with E-state index in [1.165, 1.54) is 12.1 Å². The van der Waals surface area contributed by atoms with Gasteiger partial charge in [-0.05, 0) is 37.6 Å². The molecule has 168 valence electrons. The molecule has 1 amide bonds. The molecular formula is C23H22N6O4. The number of nitro benzene ring substituents is 1. The van der Waals surface area contributed by atoms with Crippen molar-refractivity contribution in [2.45, 2.75) is 26.2 Å². The first-order valence-corrected chi connectivity index (χ1v) is 10.4. The van der Waals surface area contributed by atoms with E-state index in [2.05, 4.69) is 20.6 Å². The third kappa shape index (κ3) is 5.48. The van der Waals surface area contributed by atoms with Crippen LogP contribution in [0.1, 0.15) is 23.7 Å². The summed E-state index contributed by atoms with van der Waals surface area (Å²) in [6.45, 7) is 2.23. The largest absolute Gasteiger partial charge is 0.356 e. The van der Waals surface area contributed by atoms with Gasteiger partial charge in [0.2, 0.25) is 11.8 Å². The summed E-state index contributed by atoms with van der Waals surface area (Å²) in [4.78, 5) is 27.3. The van der Waals surface area contributed by atoms with Crippen LogP contribution in [0.25, 0.3) is 16.9 Å². The number of non-ortho nitro benzene ring substituents is 1. The standard InChI is InChI=1S/C23H22N6O4/c1-16-25-22(33-27-16)8-5-13-24-21(30)14-18-15-28(19-6-3-2-4-7-19)26-23(18)17-9-11-20(12-10-17)29(31)32/h2-4,6-7,9-12,15H,5,8,13-14H2,1H3,(H,24,30). The van der Waals surface area contributed by atoms with Crippen LogP contribution >= 0.6 is 0 Å².